The summed E-state index contributed by atoms with van der Waals surface area (Å²) in [6.45, 7) is 5.59. The van der Waals surface area contributed by atoms with Crippen LogP contribution in [0.3, 0.4) is 0 Å². The molecule has 0 heterocycles. The van der Waals surface area contributed by atoms with Gasteiger partial charge in [-0.2, -0.15) is 0 Å². The van der Waals surface area contributed by atoms with Gasteiger partial charge in [-0.15, -0.1) is 6.58 Å². The topological polar surface area (TPSA) is 26.0 Å². The van der Waals surface area contributed by atoms with Crippen molar-refractivity contribution in [1.29, 1.82) is 0 Å². The first-order chi connectivity index (χ1) is 6.52. The molecule has 0 aliphatic heterocycles. The molecule has 1 atom stereocenters. The average molecular weight is 214 g/mol. The molecule has 0 aliphatic rings. The highest BCUT2D eigenvalue weighted by Crippen LogP contribution is 2.27. The lowest BCUT2D eigenvalue weighted by Gasteiger charge is -2.14. The monoisotopic (exact) mass is 213 g/mol. The van der Waals surface area contributed by atoms with E-state index in [1.807, 2.05) is 6.92 Å². The Morgan fingerprint density at radius 3 is 2.79 bits per heavy atom. The predicted molar refractivity (Wildman–Crippen MR) is 57.8 cm³/mol. The van der Waals surface area contributed by atoms with Gasteiger partial charge in [0.1, 0.15) is 5.82 Å². The highest BCUT2D eigenvalue weighted by atomic mass is 35.5. The highest BCUT2D eigenvalue weighted by Gasteiger charge is 2.14. The van der Waals surface area contributed by atoms with E-state index in [1.165, 1.54) is 6.07 Å². The third-order valence-corrected chi connectivity index (χ3v) is 2.27. The fourth-order valence-corrected chi connectivity index (χ4v) is 1.65. The molecule has 0 amide bonds. The van der Waals surface area contributed by atoms with Crippen LogP contribution in [0.5, 0.6) is 0 Å². The van der Waals surface area contributed by atoms with Crippen LogP contribution in [0.2, 0.25) is 5.02 Å². The van der Waals surface area contributed by atoms with Crippen molar-refractivity contribution in [2.24, 2.45) is 5.73 Å². The summed E-state index contributed by atoms with van der Waals surface area (Å²) in [4.78, 5) is 0. The molecule has 0 saturated carbocycles. The lowest BCUT2D eigenvalue weighted by Crippen LogP contribution is -2.12. The molecule has 1 nitrogen and oxygen atoms in total. The minimum Gasteiger partial charge on any atom is -0.324 e. The SMILES string of the molecule is C=C(C)CC(N)c1c(F)cccc1Cl. The Balaban J connectivity index is 2.99. The molecule has 0 bridgehead atoms. The minimum absolute atomic E-state index is 0.355. The summed E-state index contributed by atoms with van der Waals surface area (Å²) >= 11 is 5.86. The van der Waals surface area contributed by atoms with E-state index in [4.69, 9.17) is 17.3 Å². The van der Waals surface area contributed by atoms with Gasteiger partial charge in [-0.25, -0.2) is 4.39 Å². The van der Waals surface area contributed by atoms with Gasteiger partial charge in [0.05, 0.1) is 0 Å². The molecule has 1 unspecified atom stereocenters. The van der Waals surface area contributed by atoms with Crippen LogP contribution < -0.4 is 5.73 Å². The van der Waals surface area contributed by atoms with Crippen molar-refractivity contribution in [3.63, 3.8) is 0 Å². The van der Waals surface area contributed by atoms with E-state index in [9.17, 15) is 4.39 Å². The van der Waals surface area contributed by atoms with Gasteiger partial charge in [0.15, 0.2) is 0 Å². The van der Waals surface area contributed by atoms with Gasteiger partial charge in [0.2, 0.25) is 0 Å². The Labute approximate surface area is 88.4 Å². The van der Waals surface area contributed by atoms with Gasteiger partial charge in [0.25, 0.3) is 0 Å². The van der Waals surface area contributed by atoms with Gasteiger partial charge in [-0.3, -0.25) is 0 Å². The Hall–Kier alpha value is -0.860. The fraction of sp³-hybridized carbons (Fsp3) is 0.273. The molecule has 14 heavy (non-hydrogen) atoms. The van der Waals surface area contributed by atoms with Crippen molar-refractivity contribution >= 4 is 11.6 Å². The zero-order valence-electron chi connectivity index (χ0n) is 8.06. The van der Waals surface area contributed by atoms with Gasteiger partial charge >= 0.3 is 0 Å². The Kier molecular flexibility index (Phi) is 3.67. The van der Waals surface area contributed by atoms with Crippen LogP contribution in [0.4, 0.5) is 4.39 Å². The molecular weight excluding hydrogens is 201 g/mol. The molecule has 76 valence electrons. The van der Waals surface area contributed by atoms with E-state index in [0.29, 0.717) is 17.0 Å². The predicted octanol–water partition coefficient (Wildman–Crippen LogP) is 3.45. The Morgan fingerprint density at radius 1 is 1.64 bits per heavy atom. The van der Waals surface area contributed by atoms with E-state index in [1.54, 1.807) is 12.1 Å². The molecule has 0 aliphatic carbocycles. The number of benzene rings is 1. The largest absolute Gasteiger partial charge is 0.324 e. The first-order valence-corrected chi connectivity index (χ1v) is 4.74. The van der Waals surface area contributed by atoms with Crippen LogP contribution in [0, 0.1) is 5.82 Å². The van der Waals surface area contributed by atoms with Crippen LogP contribution in [0.15, 0.2) is 30.4 Å². The molecule has 3 heteroatoms. The van der Waals surface area contributed by atoms with Gasteiger partial charge < -0.3 is 5.73 Å². The standard InChI is InChI=1S/C11H13ClFN/c1-7(2)6-10(14)11-8(12)4-3-5-9(11)13/h3-5,10H,1,6,14H2,2H3. The highest BCUT2D eigenvalue weighted by molar-refractivity contribution is 6.31. The lowest BCUT2D eigenvalue weighted by atomic mass is 10.0. The van der Waals surface area contributed by atoms with Crippen molar-refractivity contribution in [2.45, 2.75) is 19.4 Å². The van der Waals surface area contributed by atoms with E-state index in [0.717, 1.165) is 5.57 Å². The molecule has 0 spiro atoms. The average Bonchev–Trinajstić information content (AvgIpc) is 2.01. The van der Waals surface area contributed by atoms with Crippen LogP contribution in [-0.4, -0.2) is 0 Å². The number of hydrogen-bond donors (Lipinski definition) is 1. The molecule has 1 aromatic carbocycles. The Morgan fingerprint density at radius 2 is 2.29 bits per heavy atom. The molecule has 1 aromatic rings. The maximum atomic E-state index is 13.4. The second-order valence-corrected chi connectivity index (χ2v) is 3.81. The summed E-state index contributed by atoms with van der Waals surface area (Å²) < 4.78 is 13.4. The van der Waals surface area contributed by atoms with E-state index in [-0.39, 0.29) is 5.82 Å². The van der Waals surface area contributed by atoms with Crippen LogP contribution >= 0.6 is 11.6 Å². The number of rotatable bonds is 3. The summed E-state index contributed by atoms with van der Waals surface area (Å²) in [5.74, 6) is -0.355. The molecule has 0 fully saturated rings. The van der Waals surface area contributed by atoms with Gasteiger partial charge in [-0.1, -0.05) is 23.2 Å². The first-order valence-electron chi connectivity index (χ1n) is 4.36. The molecule has 0 radical (unpaired) electrons. The van der Waals surface area contributed by atoms with Crippen molar-refractivity contribution in [3.05, 3.63) is 46.8 Å². The van der Waals surface area contributed by atoms with Crippen LogP contribution in [0.25, 0.3) is 0 Å². The van der Waals surface area contributed by atoms with Crippen molar-refractivity contribution < 1.29 is 4.39 Å². The number of halogens is 2. The molecular formula is C11H13ClFN. The van der Waals surface area contributed by atoms with E-state index < -0.39 is 6.04 Å². The van der Waals surface area contributed by atoms with Crippen LogP contribution in [0.1, 0.15) is 24.9 Å². The zero-order valence-corrected chi connectivity index (χ0v) is 8.81. The molecule has 0 saturated heterocycles. The maximum Gasteiger partial charge on any atom is 0.129 e. The van der Waals surface area contributed by atoms with E-state index >= 15 is 0 Å². The normalized spacial score (nSPS) is 12.6. The quantitative estimate of drug-likeness (QED) is 0.765. The molecule has 2 N–H and O–H groups in total. The fourth-order valence-electron chi connectivity index (χ4n) is 1.34. The van der Waals surface area contributed by atoms with Gasteiger partial charge in [-0.05, 0) is 25.5 Å². The van der Waals surface area contributed by atoms with Crippen molar-refractivity contribution in [2.75, 3.05) is 0 Å². The van der Waals surface area contributed by atoms with Crippen LogP contribution in [-0.2, 0) is 0 Å². The van der Waals surface area contributed by atoms with Gasteiger partial charge in [0, 0.05) is 16.6 Å². The second-order valence-electron chi connectivity index (χ2n) is 3.40. The first kappa shape index (κ1) is 11.2. The third-order valence-electron chi connectivity index (χ3n) is 1.94. The summed E-state index contributed by atoms with van der Waals surface area (Å²) in [5, 5.41) is 0.374. The maximum absolute atomic E-state index is 13.4. The summed E-state index contributed by atoms with van der Waals surface area (Å²) in [6, 6.07) is 4.15. The van der Waals surface area contributed by atoms with Crippen molar-refractivity contribution in [3.8, 4) is 0 Å². The summed E-state index contributed by atoms with van der Waals surface area (Å²) in [5.41, 5.74) is 7.10. The molecule has 0 aromatic heterocycles. The minimum atomic E-state index is -0.416. The summed E-state index contributed by atoms with van der Waals surface area (Å²) in [7, 11) is 0. The lowest BCUT2D eigenvalue weighted by molar-refractivity contribution is 0.580. The number of hydrogen-bond acceptors (Lipinski definition) is 1. The van der Waals surface area contributed by atoms with E-state index in [2.05, 4.69) is 6.58 Å². The number of nitrogens with two attached hydrogens (primary N) is 1. The summed E-state index contributed by atoms with van der Waals surface area (Å²) in [6.07, 6.45) is 0.542. The smallest absolute Gasteiger partial charge is 0.129 e. The molecule has 1 rings (SSSR count). The van der Waals surface area contributed by atoms with Crippen molar-refractivity contribution in [1.82, 2.24) is 0 Å². The second kappa shape index (κ2) is 4.58. The Bertz CT molecular complexity index is 329. The zero-order chi connectivity index (χ0) is 10.7. The third kappa shape index (κ3) is 2.56.